The highest BCUT2D eigenvalue weighted by molar-refractivity contribution is 5.94. The fourth-order valence-electron chi connectivity index (χ4n) is 2.83. The average molecular weight is 334 g/mol. The number of carbonyl (C=O) groups excluding carboxylic acids is 2. The molecular weight excluding hydrogens is 316 g/mol. The summed E-state index contributed by atoms with van der Waals surface area (Å²) in [7, 11) is 0. The zero-order chi connectivity index (χ0) is 17.6. The summed E-state index contributed by atoms with van der Waals surface area (Å²) in [5.41, 5.74) is 1.72. The number of hydrogen-bond donors (Lipinski definition) is 0. The number of nitrogens with zero attached hydrogens (tertiary/aromatic N) is 4. The van der Waals surface area contributed by atoms with Crippen LogP contribution in [0.4, 0.5) is 0 Å². The molecule has 1 aliphatic heterocycles. The Morgan fingerprint density at radius 3 is 2.48 bits per heavy atom. The van der Waals surface area contributed by atoms with Crippen molar-refractivity contribution < 1.29 is 9.59 Å². The monoisotopic (exact) mass is 334 g/mol. The summed E-state index contributed by atoms with van der Waals surface area (Å²) >= 11 is 0. The standard InChI is InChI=1S/C19H18N4O2/c20-14-15-4-3-5-16(12-15)19(25)23-10-8-22(9-11-23)18(24)13-17-6-1-2-7-21-17/h1-7,12H,8-11,13H2. The lowest BCUT2D eigenvalue weighted by Crippen LogP contribution is -2.51. The zero-order valence-electron chi connectivity index (χ0n) is 13.8. The molecule has 1 aromatic heterocycles. The maximum Gasteiger partial charge on any atom is 0.254 e. The minimum atomic E-state index is -0.103. The number of piperazine rings is 1. The van der Waals surface area contributed by atoms with Gasteiger partial charge in [0.05, 0.1) is 18.1 Å². The molecule has 0 N–H and O–H groups in total. The molecule has 0 bridgehead atoms. The first kappa shape index (κ1) is 16.7. The number of hydrogen-bond acceptors (Lipinski definition) is 4. The molecule has 6 heteroatoms. The third-order valence-electron chi connectivity index (χ3n) is 4.22. The second-order valence-electron chi connectivity index (χ2n) is 5.86. The number of benzene rings is 1. The lowest BCUT2D eigenvalue weighted by atomic mass is 10.1. The largest absolute Gasteiger partial charge is 0.339 e. The summed E-state index contributed by atoms with van der Waals surface area (Å²) in [6, 6.07) is 14.2. The van der Waals surface area contributed by atoms with Crippen LogP contribution in [0.5, 0.6) is 0 Å². The van der Waals surface area contributed by atoms with Crippen LogP contribution >= 0.6 is 0 Å². The second kappa shape index (κ2) is 7.58. The van der Waals surface area contributed by atoms with Gasteiger partial charge in [-0.3, -0.25) is 14.6 Å². The molecule has 1 aliphatic rings. The molecular formula is C19H18N4O2. The smallest absolute Gasteiger partial charge is 0.254 e. The maximum absolute atomic E-state index is 12.5. The first-order valence-electron chi connectivity index (χ1n) is 8.14. The van der Waals surface area contributed by atoms with Crippen LogP contribution in [0.25, 0.3) is 0 Å². The molecule has 126 valence electrons. The Kier molecular flexibility index (Phi) is 5.05. The third kappa shape index (κ3) is 4.01. The maximum atomic E-state index is 12.5. The fraction of sp³-hybridized carbons (Fsp3) is 0.263. The fourth-order valence-corrected chi connectivity index (χ4v) is 2.83. The Balaban J connectivity index is 1.57. The van der Waals surface area contributed by atoms with Crippen LogP contribution in [0, 0.1) is 11.3 Å². The van der Waals surface area contributed by atoms with Gasteiger partial charge in [0.2, 0.25) is 5.91 Å². The SMILES string of the molecule is N#Cc1cccc(C(=O)N2CCN(C(=O)Cc3ccccn3)CC2)c1. The Hall–Kier alpha value is -3.20. The predicted molar refractivity (Wildman–Crippen MR) is 91.6 cm³/mol. The molecule has 2 aromatic rings. The highest BCUT2D eigenvalue weighted by atomic mass is 16.2. The average Bonchev–Trinajstić information content (AvgIpc) is 2.68. The molecule has 3 rings (SSSR count). The second-order valence-corrected chi connectivity index (χ2v) is 5.86. The first-order chi connectivity index (χ1) is 12.2. The summed E-state index contributed by atoms with van der Waals surface area (Å²) in [4.78, 5) is 32.5. The van der Waals surface area contributed by atoms with Gasteiger partial charge in [-0.05, 0) is 30.3 Å². The van der Waals surface area contributed by atoms with Crippen LogP contribution in [-0.4, -0.2) is 52.8 Å². The Labute approximate surface area is 146 Å². The molecule has 0 radical (unpaired) electrons. The summed E-state index contributed by atoms with van der Waals surface area (Å²) in [6.07, 6.45) is 1.95. The number of amides is 2. The van der Waals surface area contributed by atoms with Crippen LogP contribution in [0.2, 0.25) is 0 Å². The number of pyridine rings is 1. The van der Waals surface area contributed by atoms with Crippen LogP contribution in [0.1, 0.15) is 21.6 Å². The van der Waals surface area contributed by atoms with E-state index in [0.717, 1.165) is 5.69 Å². The van der Waals surface area contributed by atoms with Crippen molar-refractivity contribution in [1.82, 2.24) is 14.8 Å². The van der Waals surface area contributed by atoms with Gasteiger partial charge in [0.15, 0.2) is 0 Å². The number of aromatic nitrogens is 1. The Morgan fingerprint density at radius 2 is 1.80 bits per heavy atom. The van der Waals surface area contributed by atoms with E-state index in [1.807, 2.05) is 24.3 Å². The van der Waals surface area contributed by atoms with Gasteiger partial charge in [0.25, 0.3) is 5.91 Å². The molecule has 2 heterocycles. The van der Waals surface area contributed by atoms with E-state index in [2.05, 4.69) is 4.98 Å². The molecule has 0 spiro atoms. The molecule has 2 amide bonds. The van der Waals surface area contributed by atoms with E-state index < -0.39 is 0 Å². The van der Waals surface area contributed by atoms with E-state index in [4.69, 9.17) is 5.26 Å². The molecule has 25 heavy (non-hydrogen) atoms. The van der Waals surface area contributed by atoms with Crippen LogP contribution < -0.4 is 0 Å². The van der Waals surface area contributed by atoms with E-state index in [9.17, 15) is 9.59 Å². The van der Waals surface area contributed by atoms with Crippen molar-refractivity contribution in [2.75, 3.05) is 26.2 Å². The van der Waals surface area contributed by atoms with Gasteiger partial charge in [-0.1, -0.05) is 12.1 Å². The normalized spacial score (nSPS) is 14.0. The minimum Gasteiger partial charge on any atom is -0.339 e. The van der Waals surface area contributed by atoms with Gasteiger partial charge < -0.3 is 9.80 Å². The van der Waals surface area contributed by atoms with E-state index in [0.29, 0.717) is 37.3 Å². The van der Waals surface area contributed by atoms with Crippen molar-refractivity contribution in [3.05, 3.63) is 65.5 Å². The van der Waals surface area contributed by atoms with Crippen molar-refractivity contribution in [3.8, 4) is 6.07 Å². The lowest BCUT2D eigenvalue weighted by Gasteiger charge is -2.34. The summed E-state index contributed by atoms with van der Waals surface area (Å²) in [6.45, 7) is 2.00. The van der Waals surface area contributed by atoms with Crippen molar-refractivity contribution in [2.45, 2.75) is 6.42 Å². The molecule has 6 nitrogen and oxygen atoms in total. The quantitative estimate of drug-likeness (QED) is 0.852. The molecule has 0 unspecified atom stereocenters. The van der Waals surface area contributed by atoms with E-state index in [1.165, 1.54) is 0 Å². The molecule has 1 fully saturated rings. The first-order valence-corrected chi connectivity index (χ1v) is 8.14. The van der Waals surface area contributed by atoms with Crippen LogP contribution in [0.15, 0.2) is 48.7 Å². The topological polar surface area (TPSA) is 77.3 Å². The van der Waals surface area contributed by atoms with E-state index in [-0.39, 0.29) is 18.2 Å². The van der Waals surface area contributed by atoms with Gasteiger partial charge in [-0.25, -0.2) is 0 Å². The molecule has 0 aliphatic carbocycles. The number of nitriles is 1. The highest BCUT2D eigenvalue weighted by Gasteiger charge is 2.25. The lowest BCUT2D eigenvalue weighted by molar-refractivity contribution is -0.132. The van der Waals surface area contributed by atoms with Gasteiger partial charge in [0, 0.05) is 43.6 Å². The predicted octanol–water partition coefficient (Wildman–Crippen LogP) is 1.48. The summed E-state index contributed by atoms with van der Waals surface area (Å²) < 4.78 is 0. The van der Waals surface area contributed by atoms with Gasteiger partial charge in [0.1, 0.15) is 0 Å². The summed E-state index contributed by atoms with van der Waals surface area (Å²) in [5, 5.41) is 8.95. The zero-order valence-corrected chi connectivity index (χ0v) is 13.8. The minimum absolute atomic E-state index is 0.0253. The highest BCUT2D eigenvalue weighted by Crippen LogP contribution is 2.11. The number of rotatable bonds is 3. The van der Waals surface area contributed by atoms with Gasteiger partial charge in [-0.2, -0.15) is 5.26 Å². The Morgan fingerprint density at radius 1 is 1.04 bits per heavy atom. The van der Waals surface area contributed by atoms with Crippen molar-refractivity contribution in [1.29, 1.82) is 5.26 Å². The molecule has 0 atom stereocenters. The van der Waals surface area contributed by atoms with E-state index >= 15 is 0 Å². The van der Waals surface area contributed by atoms with Gasteiger partial charge >= 0.3 is 0 Å². The van der Waals surface area contributed by atoms with Crippen molar-refractivity contribution in [3.63, 3.8) is 0 Å². The van der Waals surface area contributed by atoms with Crippen LogP contribution in [0.3, 0.4) is 0 Å². The van der Waals surface area contributed by atoms with Crippen molar-refractivity contribution >= 4 is 11.8 Å². The number of carbonyl (C=O) groups is 2. The third-order valence-corrected chi connectivity index (χ3v) is 4.22. The Bertz CT molecular complexity index is 806. The molecule has 1 saturated heterocycles. The van der Waals surface area contributed by atoms with Crippen molar-refractivity contribution in [2.24, 2.45) is 0 Å². The van der Waals surface area contributed by atoms with E-state index in [1.54, 1.807) is 40.3 Å². The van der Waals surface area contributed by atoms with Gasteiger partial charge in [-0.15, -0.1) is 0 Å². The molecule has 1 aromatic carbocycles. The van der Waals surface area contributed by atoms with Crippen LogP contribution in [-0.2, 0) is 11.2 Å². The molecule has 0 saturated carbocycles. The summed E-state index contributed by atoms with van der Waals surface area (Å²) in [5.74, 6) is -0.0776.